The van der Waals surface area contributed by atoms with Gasteiger partial charge in [-0.2, -0.15) is 0 Å². The van der Waals surface area contributed by atoms with Crippen LogP contribution < -0.4 is 10.5 Å². The van der Waals surface area contributed by atoms with Gasteiger partial charge in [0.05, 0.1) is 6.61 Å². The number of ether oxygens (including phenoxy) is 1. The Morgan fingerprint density at radius 2 is 1.86 bits per heavy atom. The smallest absolute Gasteiger partial charge is 0.409 e. The van der Waals surface area contributed by atoms with Crippen molar-refractivity contribution in [3.8, 4) is 11.1 Å². The van der Waals surface area contributed by atoms with E-state index in [0.29, 0.717) is 38.4 Å². The number of carbonyl (C=O) groups excluding carboxylic acids is 1. The van der Waals surface area contributed by atoms with Gasteiger partial charge >= 0.3 is 6.09 Å². The number of nitrogens with one attached hydrogen (secondary N) is 1. The fourth-order valence-corrected chi connectivity index (χ4v) is 3.49. The monoisotopic (exact) mass is 378 g/mol. The number of nitrogens with zero attached hydrogens (tertiary/aromatic N) is 3. The van der Waals surface area contributed by atoms with Crippen LogP contribution in [0.15, 0.2) is 53.3 Å². The van der Waals surface area contributed by atoms with E-state index < -0.39 is 0 Å². The summed E-state index contributed by atoms with van der Waals surface area (Å²) in [4.78, 5) is 35.4. The molecule has 1 aliphatic heterocycles. The Balaban J connectivity index is 1.61. The van der Waals surface area contributed by atoms with Crippen LogP contribution in [0.3, 0.4) is 0 Å². The van der Waals surface area contributed by atoms with Crippen molar-refractivity contribution < 1.29 is 9.53 Å². The normalized spacial score (nSPS) is 14.3. The first-order chi connectivity index (χ1) is 13.7. The highest BCUT2D eigenvalue weighted by Gasteiger charge is 2.23. The third-order valence-corrected chi connectivity index (χ3v) is 4.90. The van der Waals surface area contributed by atoms with Crippen LogP contribution in [0.25, 0.3) is 22.2 Å². The molecule has 1 N–H and O–H groups in total. The Morgan fingerprint density at radius 1 is 1.11 bits per heavy atom. The summed E-state index contributed by atoms with van der Waals surface area (Å²) < 4.78 is 5.06. The third-order valence-electron chi connectivity index (χ3n) is 4.90. The van der Waals surface area contributed by atoms with Crippen LogP contribution in [-0.4, -0.2) is 53.7 Å². The topological polar surface area (TPSA) is 78.5 Å². The van der Waals surface area contributed by atoms with E-state index in [1.165, 1.54) is 0 Å². The van der Waals surface area contributed by atoms with Gasteiger partial charge in [0.25, 0.3) is 0 Å². The minimum absolute atomic E-state index is 0.178. The van der Waals surface area contributed by atoms with E-state index in [4.69, 9.17) is 4.74 Å². The van der Waals surface area contributed by atoms with E-state index in [-0.39, 0.29) is 11.7 Å². The molecule has 0 saturated carbocycles. The lowest BCUT2D eigenvalue weighted by molar-refractivity contribution is 0.105. The average molecular weight is 378 g/mol. The Kier molecular flexibility index (Phi) is 4.97. The predicted molar refractivity (Wildman–Crippen MR) is 109 cm³/mol. The molecule has 1 saturated heterocycles. The molecule has 28 heavy (non-hydrogen) atoms. The van der Waals surface area contributed by atoms with Crippen LogP contribution in [0.1, 0.15) is 6.92 Å². The lowest BCUT2D eigenvalue weighted by Crippen LogP contribution is -2.49. The average Bonchev–Trinajstić information content (AvgIpc) is 2.73. The molecule has 1 amide bonds. The summed E-state index contributed by atoms with van der Waals surface area (Å²) in [6.07, 6.45) is -0.273. The Morgan fingerprint density at radius 3 is 2.57 bits per heavy atom. The number of H-pyrrole nitrogens is 1. The van der Waals surface area contributed by atoms with Gasteiger partial charge in [-0.3, -0.25) is 4.79 Å². The molecular formula is C21H22N4O3. The maximum absolute atomic E-state index is 12.2. The molecule has 0 unspecified atom stereocenters. The highest BCUT2D eigenvalue weighted by molar-refractivity contribution is 5.93. The maximum Gasteiger partial charge on any atom is 0.409 e. The number of benzene rings is 1. The first-order valence-electron chi connectivity index (χ1n) is 9.42. The number of rotatable bonds is 3. The third kappa shape index (κ3) is 3.55. The summed E-state index contributed by atoms with van der Waals surface area (Å²) in [6, 6.07) is 15.4. The second-order valence-electron chi connectivity index (χ2n) is 6.65. The van der Waals surface area contributed by atoms with Crippen molar-refractivity contribution in [1.82, 2.24) is 14.9 Å². The SMILES string of the molecule is CCOC(=O)N1CCN(c2ccc3c(-c4ccccc4)cc(=O)[nH]c3n2)CC1. The molecular weight excluding hydrogens is 356 g/mol. The number of carbonyl (C=O) groups is 1. The summed E-state index contributed by atoms with van der Waals surface area (Å²) in [6.45, 7) is 4.68. The number of anilines is 1. The van der Waals surface area contributed by atoms with E-state index in [9.17, 15) is 9.59 Å². The van der Waals surface area contributed by atoms with Crippen molar-refractivity contribution in [1.29, 1.82) is 0 Å². The van der Waals surface area contributed by atoms with E-state index in [2.05, 4.69) is 14.9 Å². The van der Waals surface area contributed by atoms with Gasteiger partial charge in [0.1, 0.15) is 11.5 Å². The molecule has 1 aromatic carbocycles. The number of amides is 1. The van der Waals surface area contributed by atoms with Gasteiger partial charge in [0, 0.05) is 37.6 Å². The Hall–Kier alpha value is -3.35. The van der Waals surface area contributed by atoms with E-state index >= 15 is 0 Å². The molecule has 1 aliphatic rings. The molecule has 4 rings (SSSR count). The van der Waals surface area contributed by atoms with Gasteiger partial charge in [0.2, 0.25) is 5.56 Å². The van der Waals surface area contributed by atoms with Gasteiger partial charge in [-0.05, 0) is 30.2 Å². The minimum atomic E-state index is -0.273. The number of pyridine rings is 2. The molecule has 1 fully saturated rings. The predicted octanol–water partition coefficient (Wildman–Crippen LogP) is 2.87. The highest BCUT2D eigenvalue weighted by atomic mass is 16.6. The number of piperazine rings is 1. The lowest BCUT2D eigenvalue weighted by atomic mass is 10.0. The molecule has 0 atom stereocenters. The van der Waals surface area contributed by atoms with Gasteiger partial charge in [-0.15, -0.1) is 0 Å². The molecule has 7 nitrogen and oxygen atoms in total. The second kappa shape index (κ2) is 7.72. The van der Waals surface area contributed by atoms with Gasteiger partial charge in [-0.1, -0.05) is 30.3 Å². The number of aromatic nitrogens is 2. The first-order valence-corrected chi connectivity index (χ1v) is 9.42. The summed E-state index contributed by atoms with van der Waals surface area (Å²) in [7, 11) is 0. The molecule has 144 valence electrons. The van der Waals surface area contributed by atoms with Gasteiger partial charge in [0.15, 0.2) is 0 Å². The number of hydrogen-bond donors (Lipinski definition) is 1. The van der Waals surface area contributed by atoms with Crippen molar-refractivity contribution in [2.75, 3.05) is 37.7 Å². The lowest BCUT2D eigenvalue weighted by Gasteiger charge is -2.34. The quantitative estimate of drug-likeness (QED) is 0.758. The molecule has 0 aliphatic carbocycles. The molecule has 7 heteroatoms. The van der Waals surface area contributed by atoms with E-state index in [1.807, 2.05) is 42.5 Å². The zero-order valence-corrected chi connectivity index (χ0v) is 15.7. The number of aromatic amines is 1. The van der Waals surface area contributed by atoms with E-state index in [0.717, 1.165) is 22.3 Å². The van der Waals surface area contributed by atoms with Crippen molar-refractivity contribution >= 4 is 22.9 Å². The molecule has 3 aromatic rings. The minimum Gasteiger partial charge on any atom is -0.450 e. The van der Waals surface area contributed by atoms with Crippen LogP contribution in [0.2, 0.25) is 0 Å². The Bertz CT molecular complexity index is 1040. The zero-order chi connectivity index (χ0) is 19.5. The van der Waals surface area contributed by atoms with Crippen LogP contribution >= 0.6 is 0 Å². The first kappa shape index (κ1) is 18.0. The molecule has 0 bridgehead atoms. The number of hydrogen-bond acceptors (Lipinski definition) is 5. The molecule has 0 spiro atoms. The molecule has 2 aromatic heterocycles. The maximum atomic E-state index is 12.2. The van der Waals surface area contributed by atoms with Crippen LogP contribution in [0, 0.1) is 0 Å². The van der Waals surface area contributed by atoms with Gasteiger partial charge in [-0.25, -0.2) is 9.78 Å². The zero-order valence-electron chi connectivity index (χ0n) is 15.7. The van der Waals surface area contributed by atoms with Crippen molar-refractivity contribution in [2.45, 2.75) is 6.92 Å². The summed E-state index contributed by atoms with van der Waals surface area (Å²) in [5.74, 6) is 0.789. The van der Waals surface area contributed by atoms with Crippen LogP contribution in [0.4, 0.5) is 10.6 Å². The summed E-state index contributed by atoms with van der Waals surface area (Å²) >= 11 is 0. The van der Waals surface area contributed by atoms with Crippen molar-refractivity contribution in [2.24, 2.45) is 0 Å². The standard InChI is InChI=1S/C21H22N4O3/c1-2-28-21(27)25-12-10-24(11-13-25)18-9-8-16-17(15-6-4-3-5-7-15)14-19(26)23-20(16)22-18/h3-9,14H,2,10-13H2,1H3,(H,22,23,26). The second-order valence-corrected chi connectivity index (χ2v) is 6.65. The fraction of sp³-hybridized carbons (Fsp3) is 0.286. The Labute approximate surface area is 162 Å². The fourth-order valence-electron chi connectivity index (χ4n) is 3.49. The van der Waals surface area contributed by atoms with E-state index in [1.54, 1.807) is 17.9 Å². The summed E-state index contributed by atoms with van der Waals surface area (Å²) in [5.41, 5.74) is 2.24. The van der Waals surface area contributed by atoms with Crippen LogP contribution in [-0.2, 0) is 4.74 Å². The number of fused-ring (bicyclic) bond motifs is 1. The molecule has 3 heterocycles. The van der Waals surface area contributed by atoms with Crippen molar-refractivity contribution in [3.63, 3.8) is 0 Å². The van der Waals surface area contributed by atoms with Crippen molar-refractivity contribution in [3.05, 3.63) is 58.9 Å². The highest BCUT2D eigenvalue weighted by Crippen LogP contribution is 2.27. The van der Waals surface area contributed by atoms with Gasteiger partial charge < -0.3 is 19.5 Å². The van der Waals surface area contributed by atoms with Crippen LogP contribution in [0.5, 0.6) is 0 Å². The summed E-state index contributed by atoms with van der Waals surface area (Å²) in [5, 5.41) is 0.903. The molecule has 0 radical (unpaired) electrons. The largest absolute Gasteiger partial charge is 0.450 e.